The molecule has 0 spiro atoms. The Kier molecular flexibility index (Phi) is 5.03. The molecular weight excluding hydrogens is 248 g/mol. The normalized spacial score (nSPS) is 10.4. The summed E-state index contributed by atoms with van der Waals surface area (Å²) >= 11 is 9.45. The van der Waals surface area contributed by atoms with Gasteiger partial charge in [0.25, 0.3) is 0 Å². The van der Waals surface area contributed by atoms with E-state index in [-0.39, 0.29) is 5.78 Å². The lowest BCUT2D eigenvalue weighted by molar-refractivity contribution is -0.116. The van der Waals surface area contributed by atoms with Crippen molar-refractivity contribution in [1.29, 1.82) is 0 Å². The van der Waals surface area contributed by atoms with Crippen LogP contribution in [0.3, 0.4) is 0 Å². The van der Waals surface area contributed by atoms with Crippen LogP contribution < -0.4 is 0 Å². The largest absolute Gasteiger partial charge is 0.300 e. The van der Waals surface area contributed by atoms with Crippen LogP contribution in [0.4, 0.5) is 0 Å². The van der Waals surface area contributed by atoms with Gasteiger partial charge in [-0.1, -0.05) is 11.6 Å². The maximum Gasteiger partial charge on any atom is 0.134 e. The number of hydrogen-bond acceptors (Lipinski definition) is 3. The number of benzene rings is 1. The van der Waals surface area contributed by atoms with Crippen molar-refractivity contribution in [3.05, 3.63) is 22.7 Å². The minimum Gasteiger partial charge on any atom is -0.300 e. The summed E-state index contributed by atoms with van der Waals surface area (Å²) in [7, 11) is 0. The zero-order valence-electron chi connectivity index (χ0n) is 8.96. The maximum atomic E-state index is 11.0. The van der Waals surface area contributed by atoms with E-state index in [0.29, 0.717) is 6.42 Å². The number of hydrogen-bond donors (Lipinski definition) is 0. The Balaban J connectivity index is 3.13. The van der Waals surface area contributed by atoms with Crippen LogP contribution in [-0.2, 0) is 11.2 Å². The molecule has 1 aromatic carbocycles. The Morgan fingerprint density at radius 1 is 1.33 bits per heavy atom. The molecule has 0 heterocycles. The van der Waals surface area contributed by atoms with Gasteiger partial charge in [-0.05, 0) is 37.1 Å². The highest BCUT2D eigenvalue weighted by atomic mass is 35.5. The van der Waals surface area contributed by atoms with Gasteiger partial charge >= 0.3 is 0 Å². The first-order valence-corrected chi connectivity index (χ1v) is 7.31. The molecule has 1 rings (SSSR count). The summed E-state index contributed by atoms with van der Waals surface area (Å²) in [4.78, 5) is 13.3. The van der Waals surface area contributed by atoms with E-state index in [4.69, 9.17) is 11.6 Å². The lowest BCUT2D eigenvalue weighted by Crippen LogP contribution is -1.97. The van der Waals surface area contributed by atoms with Crippen LogP contribution in [0.5, 0.6) is 0 Å². The summed E-state index contributed by atoms with van der Waals surface area (Å²) in [5.41, 5.74) is 0.995. The summed E-state index contributed by atoms with van der Waals surface area (Å²) in [6, 6.07) is 3.93. The molecule has 15 heavy (non-hydrogen) atoms. The van der Waals surface area contributed by atoms with Crippen molar-refractivity contribution in [2.75, 3.05) is 12.5 Å². The molecule has 0 saturated carbocycles. The van der Waals surface area contributed by atoms with E-state index in [1.807, 2.05) is 24.6 Å². The van der Waals surface area contributed by atoms with Crippen molar-refractivity contribution < 1.29 is 4.79 Å². The van der Waals surface area contributed by atoms with Crippen molar-refractivity contribution in [1.82, 2.24) is 0 Å². The van der Waals surface area contributed by atoms with Crippen LogP contribution >= 0.6 is 35.1 Å². The molecule has 0 radical (unpaired) electrons. The van der Waals surface area contributed by atoms with Gasteiger partial charge in [0.1, 0.15) is 5.78 Å². The zero-order chi connectivity index (χ0) is 11.4. The molecular formula is C11H13ClOS2. The van der Waals surface area contributed by atoms with Crippen LogP contribution in [0.2, 0.25) is 5.02 Å². The van der Waals surface area contributed by atoms with Crippen molar-refractivity contribution in [2.24, 2.45) is 0 Å². The number of rotatable bonds is 4. The molecule has 0 atom stereocenters. The van der Waals surface area contributed by atoms with E-state index in [9.17, 15) is 4.79 Å². The summed E-state index contributed by atoms with van der Waals surface area (Å²) in [6.07, 6.45) is 4.48. The Labute approximate surface area is 104 Å². The Morgan fingerprint density at radius 3 is 2.47 bits per heavy atom. The summed E-state index contributed by atoms with van der Waals surface area (Å²) in [6.45, 7) is 1.59. The van der Waals surface area contributed by atoms with Crippen molar-refractivity contribution in [3.63, 3.8) is 0 Å². The van der Waals surface area contributed by atoms with Gasteiger partial charge < -0.3 is 0 Å². The first-order valence-electron chi connectivity index (χ1n) is 4.48. The first-order chi connectivity index (χ1) is 7.08. The predicted molar refractivity (Wildman–Crippen MR) is 69.4 cm³/mol. The topological polar surface area (TPSA) is 17.1 Å². The fraction of sp³-hybridized carbons (Fsp3) is 0.364. The second-order valence-corrected chi connectivity index (χ2v) is 5.26. The predicted octanol–water partition coefficient (Wildman–Crippen LogP) is 3.92. The molecule has 1 aromatic rings. The smallest absolute Gasteiger partial charge is 0.134 e. The van der Waals surface area contributed by atoms with Crippen molar-refractivity contribution in [3.8, 4) is 0 Å². The van der Waals surface area contributed by atoms with E-state index in [0.717, 1.165) is 20.4 Å². The van der Waals surface area contributed by atoms with Gasteiger partial charge in [-0.2, -0.15) is 0 Å². The third kappa shape index (κ3) is 3.44. The summed E-state index contributed by atoms with van der Waals surface area (Å²) in [5.74, 6) is 0.162. The average molecular weight is 261 g/mol. The van der Waals surface area contributed by atoms with Gasteiger partial charge in [-0.15, -0.1) is 23.5 Å². The van der Waals surface area contributed by atoms with Gasteiger partial charge in [0.2, 0.25) is 0 Å². The molecule has 0 aliphatic rings. The third-order valence-corrected chi connectivity index (χ3v) is 4.10. The summed E-state index contributed by atoms with van der Waals surface area (Å²) < 4.78 is 0. The summed E-state index contributed by atoms with van der Waals surface area (Å²) in [5, 5.41) is 0.741. The molecule has 0 aliphatic carbocycles. The van der Waals surface area contributed by atoms with E-state index >= 15 is 0 Å². The van der Waals surface area contributed by atoms with E-state index in [2.05, 4.69) is 0 Å². The van der Waals surface area contributed by atoms with Gasteiger partial charge in [0.15, 0.2) is 0 Å². The van der Waals surface area contributed by atoms with Crippen LogP contribution in [0, 0.1) is 0 Å². The van der Waals surface area contributed by atoms with Crippen molar-refractivity contribution in [2.45, 2.75) is 23.1 Å². The Hall–Kier alpha value is -0.120. The second-order valence-electron chi connectivity index (χ2n) is 3.19. The van der Waals surface area contributed by atoms with Crippen LogP contribution in [0.1, 0.15) is 12.5 Å². The Bertz CT molecular complexity index is 377. The molecule has 0 bridgehead atoms. The van der Waals surface area contributed by atoms with Crippen LogP contribution in [0.15, 0.2) is 21.9 Å². The SMILES string of the molecule is CSc1cc(CC(C)=O)cc(Cl)c1SC. The van der Waals surface area contributed by atoms with E-state index in [1.165, 1.54) is 0 Å². The van der Waals surface area contributed by atoms with Gasteiger partial charge in [0.05, 0.1) is 5.02 Å². The average Bonchev–Trinajstić information content (AvgIpc) is 2.15. The standard InChI is InChI=1S/C11H13ClOS2/c1-7(13)4-8-5-9(12)11(15-3)10(6-8)14-2/h5-6H,4H2,1-3H3. The highest BCUT2D eigenvalue weighted by Crippen LogP contribution is 2.35. The molecule has 0 fully saturated rings. The Morgan fingerprint density at radius 2 is 2.00 bits per heavy atom. The molecule has 4 heteroatoms. The van der Waals surface area contributed by atoms with Crippen LogP contribution in [-0.4, -0.2) is 18.3 Å². The van der Waals surface area contributed by atoms with E-state index in [1.54, 1.807) is 30.4 Å². The molecule has 0 saturated heterocycles. The molecule has 0 aliphatic heterocycles. The van der Waals surface area contributed by atoms with E-state index < -0.39 is 0 Å². The number of Topliss-reactive ketones (excluding diaryl/α,β-unsaturated/α-hetero) is 1. The molecule has 0 unspecified atom stereocenters. The number of ketones is 1. The molecule has 82 valence electrons. The second kappa shape index (κ2) is 5.83. The molecule has 0 amide bonds. The number of carbonyl (C=O) groups is 1. The highest BCUT2D eigenvalue weighted by Gasteiger charge is 2.09. The lowest BCUT2D eigenvalue weighted by Gasteiger charge is -2.09. The molecule has 1 nitrogen and oxygen atoms in total. The van der Waals surface area contributed by atoms with Crippen molar-refractivity contribution >= 4 is 40.9 Å². The quantitative estimate of drug-likeness (QED) is 0.764. The van der Waals surface area contributed by atoms with Gasteiger partial charge in [-0.25, -0.2) is 0 Å². The fourth-order valence-electron chi connectivity index (χ4n) is 1.36. The van der Waals surface area contributed by atoms with Crippen LogP contribution in [0.25, 0.3) is 0 Å². The first kappa shape index (κ1) is 12.9. The highest BCUT2D eigenvalue weighted by molar-refractivity contribution is 8.01. The molecule has 0 aromatic heterocycles. The van der Waals surface area contributed by atoms with Gasteiger partial charge in [-0.3, -0.25) is 4.79 Å². The third-order valence-electron chi connectivity index (χ3n) is 1.95. The monoisotopic (exact) mass is 260 g/mol. The maximum absolute atomic E-state index is 11.0. The number of halogens is 1. The minimum atomic E-state index is 0.162. The van der Waals surface area contributed by atoms with Gasteiger partial charge in [0, 0.05) is 16.2 Å². The fourth-order valence-corrected chi connectivity index (χ4v) is 3.47. The zero-order valence-corrected chi connectivity index (χ0v) is 11.4. The minimum absolute atomic E-state index is 0.162. The lowest BCUT2D eigenvalue weighted by atomic mass is 10.1. The number of carbonyl (C=O) groups excluding carboxylic acids is 1. The number of thioether (sulfide) groups is 2. The molecule has 0 N–H and O–H groups in total.